The second-order valence-electron chi connectivity index (χ2n) is 5.94. The molecule has 6 nitrogen and oxygen atoms in total. The Balaban J connectivity index is 1.93. The molecule has 1 aliphatic rings. The number of benzene rings is 2. The predicted molar refractivity (Wildman–Crippen MR) is 102 cm³/mol. The van der Waals surface area contributed by atoms with Crippen molar-refractivity contribution in [3.8, 4) is 11.5 Å². The zero-order valence-corrected chi connectivity index (χ0v) is 15.0. The number of allylic oxidation sites excluding steroid dienone is 1. The van der Waals surface area contributed by atoms with Crippen molar-refractivity contribution in [3.05, 3.63) is 77.5 Å². The van der Waals surface area contributed by atoms with E-state index in [1.807, 2.05) is 36.4 Å². The van der Waals surface area contributed by atoms with Gasteiger partial charge >= 0.3 is 6.03 Å². The van der Waals surface area contributed by atoms with E-state index in [1.165, 1.54) is 0 Å². The Morgan fingerprint density at radius 1 is 1.11 bits per heavy atom. The Kier molecular flexibility index (Phi) is 5.56. The van der Waals surface area contributed by atoms with Gasteiger partial charge in [-0.15, -0.1) is 6.58 Å². The monoisotopic (exact) mass is 364 g/mol. The molecule has 27 heavy (non-hydrogen) atoms. The molecule has 2 aromatic rings. The molecule has 3 rings (SSSR count). The van der Waals surface area contributed by atoms with Crippen LogP contribution in [-0.4, -0.2) is 19.0 Å². The number of imide groups is 1. The van der Waals surface area contributed by atoms with Crippen molar-refractivity contribution in [3.63, 3.8) is 0 Å². The highest BCUT2D eigenvalue weighted by molar-refractivity contribution is 6.14. The van der Waals surface area contributed by atoms with Gasteiger partial charge in [0, 0.05) is 5.56 Å². The maximum Gasteiger partial charge on any atom is 0.326 e. The highest BCUT2D eigenvalue weighted by atomic mass is 16.5. The number of nitrogens with one attached hydrogen (secondary N) is 2. The SMILES string of the molecule is C=CCc1cc(/C=C2\NC(=O)NC2=O)cc(OC)c1OCc1ccccc1. The summed E-state index contributed by atoms with van der Waals surface area (Å²) in [7, 11) is 1.56. The van der Waals surface area contributed by atoms with Crippen LogP contribution in [0.15, 0.2) is 60.8 Å². The van der Waals surface area contributed by atoms with Gasteiger partial charge in [-0.1, -0.05) is 36.4 Å². The first-order chi connectivity index (χ1) is 13.1. The van der Waals surface area contributed by atoms with E-state index in [-0.39, 0.29) is 5.70 Å². The van der Waals surface area contributed by atoms with Crippen molar-refractivity contribution in [1.29, 1.82) is 0 Å². The predicted octanol–water partition coefficient (Wildman–Crippen LogP) is 3.18. The summed E-state index contributed by atoms with van der Waals surface area (Å²) in [4.78, 5) is 23.0. The average molecular weight is 364 g/mol. The lowest BCUT2D eigenvalue weighted by Crippen LogP contribution is -2.22. The van der Waals surface area contributed by atoms with Gasteiger partial charge in [-0.25, -0.2) is 4.79 Å². The van der Waals surface area contributed by atoms with Crippen LogP contribution in [-0.2, 0) is 17.8 Å². The molecule has 2 N–H and O–H groups in total. The van der Waals surface area contributed by atoms with E-state index in [2.05, 4.69) is 17.2 Å². The van der Waals surface area contributed by atoms with Crippen LogP contribution in [0.25, 0.3) is 6.08 Å². The summed E-state index contributed by atoms with van der Waals surface area (Å²) in [5.41, 5.74) is 2.81. The summed E-state index contributed by atoms with van der Waals surface area (Å²) in [5, 5.41) is 4.65. The third-order valence-corrected chi connectivity index (χ3v) is 4.00. The summed E-state index contributed by atoms with van der Waals surface area (Å²) in [6.45, 7) is 4.20. The molecule has 1 aliphatic heterocycles. The van der Waals surface area contributed by atoms with E-state index >= 15 is 0 Å². The fraction of sp³-hybridized carbons (Fsp3) is 0.143. The molecule has 6 heteroatoms. The largest absolute Gasteiger partial charge is 0.493 e. The molecule has 0 unspecified atom stereocenters. The number of urea groups is 1. The van der Waals surface area contributed by atoms with Crippen molar-refractivity contribution in [1.82, 2.24) is 10.6 Å². The van der Waals surface area contributed by atoms with Crippen LogP contribution >= 0.6 is 0 Å². The van der Waals surface area contributed by atoms with Gasteiger partial charge in [0.15, 0.2) is 11.5 Å². The molecule has 2 aromatic carbocycles. The number of carbonyl (C=O) groups is 2. The van der Waals surface area contributed by atoms with Crippen LogP contribution in [0.3, 0.4) is 0 Å². The van der Waals surface area contributed by atoms with Gasteiger partial charge in [0.05, 0.1) is 7.11 Å². The van der Waals surface area contributed by atoms with Gasteiger partial charge in [-0.2, -0.15) is 0 Å². The molecular weight excluding hydrogens is 344 g/mol. The third kappa shape index (κ3) is 4.36. The highest BCUT2D eigenvalue weighted by Gasteiger charge is 2.23. The number of methoxy groups -OCH3 is 1. The van der Waals surface area contributed by atoms with E-state index in [0.717, 1.165) is 11.1 Å². The van der Waals surface area contributed by atoms with Gasteiger partial charge in [0.25, 0.3) is 5.91 Å². The topological polar surface area (TPSA) is 76.7 Å². The van der Waals surface area contributed by atoms with Gasteiger partial charge in [0.1, 0.15) is 12.3 Å². The second kappa shape index (κ2) is 8.23. The number of hydrogen-bond donors (Lipinski definition) is 2. The number of hydrogen-bond acceptors (Lipinski definition) is 4. The number of carbonyl (C=O) groups excluding carboxylic acids is 2. The summed E-state index contributed by atoms with van der Waals surface area (Å²) >= 11 is 0. The fourth-order valence-corrected chi connectivity index (χ4v) is 2.77. The molecule has 1 heterocycles. The maximum absolute atomic E-state index is 11.7. The minimum atomic E-state index is -0.535. The molecule has 0 spiro atoms. The average Bonchev–Trinajstić information content (AvgIpc) is 2.98. The summed E-state index contributed by atoms with van der Waals surface area (Å²) in [6.07, 6.45) is 3.93. The minimum absolute atomic E-state index is 0.185. The molecule has 0 radical (unpaired) electrons. The molecule has 138 valence electrons. The lowest BCUT2D eigenvalue weighted by atomic mass is 10.0. The highest BCUT2D eigenvalue weighted by Crippen LogP contribution is 2.35. The third-order valence-electron chi connectivity index (χ3n) is 4.00. The Morgan fingerprint density at radius 2 is 1.89 bits per heavy atom. The minimum Gasteiger partial charge on any atom is -0.493 e. The van der Waals surface area contributed by atoms with Crippen molar-refractivity contribution in [2.24, 2.45) is 0 Å². The van der Waals surface area contributed by atoms with Crippen LogP contribution in [0.2, 0.25) is 0 Å². The maximum atomic E-state index is 11.7. The molecule has 0 aliphatic carbocycles. The lowest BCUT2D eigenvalue weighted by molar-refractivity contribution is -0.115. The smallest absolute Gasteiger partial charge is 0.326 e. The van der Waals surface area contributed by atoms with Crippen molar-refractivity contribution < 1.29 is 19.1 Å². The number of rotatable bonds is 7. The van der Waals surface area contributed by atoms with Gasteiger partial charge in [0.2, 0.25) is 0 Å². The quantitative estimate of drug-likeness (QED) is 0.449. The Hall–Kier alpha value is -3.54. The number of ether oxygens (including phenoxy) is 2. The fourth-order valence-electron chi connectivity index (χ4n) is 2.77. The summed E-state index contributed by atoms with van der Waals surface area (Å²) < 4.78 is 11.5. The summed E-state index contributed by atoms with van der Waals surface area (Å²) in [6, 6.07) is 12.9. The molecule has 3 amide bonds. The Morgan fingerprint density at radius 3 is 2.52 bits per heavy atom. The molecule has 0 atom stereocenters. The van der Waals surface area contributed by atoms with Gasteiger partial charge in [-0.3, -0.25) is 10.1 Å². The van der Waals surface area contributed by atoms with Crippen molar-refractivity contribution >= 4 is 18.0 Å². The lowest BCUT2D eigenvalue weighted by Gasteiger charge is -2.16. The molecule has 0 aromatic heterocycles. The van der Waals surface area contributed by atoms with E-state index in [9.17, 15) is 9.59 Å². The zero-order chi connectivity index (χ0) is 19.2. The van der Waals surface area contributed by atoms with Crippen LogP contribution < -0.4 is 20.1 Å². The van der Waals surface area contributed by atoms with Crippen molar-refractivity contribution in [2.45, 2.75) is 13.0 Å². The van der Waals surface area contributed by atoms with E-state index in [4.69, 9.17) is 9.47 Å². The first kappa shape index (κ1) is 18.3. The zero-order valence-electron chi connectivity index (χ0n) is 15.0. The molecule has 0 saturated carbocycles. The molecule has 1 fully saturated rings. The first-order valence-corrected chi connectivity index (χ1v) is 8.43. The van der Waals surface area contributed by atoms with Crippen molar-refractivity contribution in [2.75, 3.05) is 7.11 Å². The Bertz CT molecular complexity index is 904. The van der Waals surface area contributed by atoms with Crippen LogP contribution in [0, 0.1) is 0 Å². The van der Waals surface area contributed by atoms with Crippen LogP contribution in [0.1, 0.15) is 16.7 Å². The standard InChI is InChI=1S/C21H20N2O4/c1-3-7-16-10-15(11-17-20(24)23-21(25)22-17)12-18(26-2)19(16)27-13-14-8-5-4-6-9-14/h3-6,8-12H,1,7,13H2,2H3,(H2,22,23,24,25)/b17-11-. The first-order valence-electron chi connectivity index (χ1n) is 8.43. The molecular formula is C21H20N2O4. The Labute approximate surface area is 157 Å². The van der Waals surface area contributed by atoms with Gasteiger partial charge in [-0.05, 0) is 35.8 Å². The van der Waals surface area contributed by atoms with E-state index in [0.29, 0.717) is 30.1 Å². The number of amides is 3. The van der Waals surface area contributed by atoms with Crippen LogP contribution in [0.4, 0.5) is 4.79 Å². The van der Waals surface area contributed by atoms with E-state index in [1.54, 1.807) is 25.3 Å². The normalized spacial score (nSPS) is 14.6. The summed E-state index contributed by atoms with van der Waals surface area (Å²) in [5.74, 6) is 0.707. The van der Waals surface area contributed by atoms with Gasteiger partial charge < -0.3 is 14.8 Å². The second-order valence-corrected chi connectivity index (χ2v) is 5.94. The molecule has 0 bridgehead atoms. The molecule has 1 saturated heterocycles. The van der Waals surface area contributed by atoms with E-state index < -0.39 is 11.9 Å². The van der Waals surface area contributed by atoms with Crippen LogP contribution in [0.5, 0.6) is 11.5 Å².